The van der Waals surface area contributed by atoms with Gasteiger partial charge in [0.05, 0.1) is 6.20 Å². The maximum absolute atomic E-state index is 10.4. The monoisotopic (exact) mass is 114 g/mol. The first-order chi connectivity index (χ1) is 3.84. The average molecular weight is 114 g/mol. The van der Waals surface area contributed by atoms with Gasteiger partial charge in [0.1, 0.15) is 5.69 Å². The summed E-state index contributed by atoms with van der Waals surface area (Å²) in [6.07, 6.45) is 1.46. The molecule has 44 valence electrons. The van der Waals surface area contributed by atoms with Gasteiger partial charge in [0, 0.05) is 7.05 Å². The topological polar surface area (TPSA) is 58.0 Å². The van der Waals surface area contributed by atoms with Crippen molar-refractivity contribution in [2.45, 2.75) is 0 Å². The highest BCUT2D eigenvalue weighted by Gasteiger charge is 1.94. The Bertz CT molecular complexity index is 212. The number of hydrogen-bond donors (Lipinski definition) is 2. The summed E-state index contributed by atoms with van der Waals surface area (Å²) in [6.45, 7) is 0. The predicted molar refractivity (Wildman–Crippen MR) is 28.9 cm³/mol. The quantitative estimate of drug-likeness (QED) is 0.540. The zero-order valence-electron chi connectivity index (χ0n) is 4.39. The van der Waals surface area contributed by atoms with Crippen molar-refractivity contribution in [2.75, 3.05) is 12.4 Å². The maximum atomic E-state index is 10.4. The van der Waals surface area contributed by atoms with Gasteiger partial charge in [0.25, 0.3) is 0 Å². The van der Waals surface area contributed by atoms with Crippen LogP contribution in [0.2, 0.25) is 0 Å². The molecule has 0 bridgehead atoms. The molecule has 0 aliphatic rings. The van der Waals surface area contributed by atoms with Crippen LogP contribution in [-0.4, -0.2) is 12.2 Å². The van der Waals surface area contributed by atoms with Gasteiger partial charge in [-0.25, -0.2) is 9.95 Å². The van der Waals surface area contributed by atoms with E-state index in [9.17, 15) is 4.79 Å². The normalized spacial score (nSPS) is 9.12. The van der Waals surface area contributed by atoms with Gasteiger partial charge in [-0.1, -0.05) is 0 Å². The number of anilines is 1. The van der Waals surface area contributed by atoms with Crippen LogP contribution in [0.25, 0.3) is 0 Å². The van der Waals surface area contributed by atoms with Gasteiger partial charge in [-0.3, -0.25) is 0 Å². The van der Waals surface area contributed by atoms with Crippen molar-refractivity contribution in [1.82, 2.24) is 5.16 Å². The Morgan fingerprint density at radius 3 is 2.88 bits per heavy atom. The SMILES string of the molecule is CNc1c[nH]oc1=O. The van der Waals surface area contributed by atoms with E-state index in [1.54, 1.807) is 7.05 Å². The summed E-state index contributed by atoms with van der Waals surface area (Å²) in [6, 6.07) is 0. The molecule has 0 saturated carbocycles. The molecule has 1 aromatic rings. The van der Waals surface area contributed by atoms with Gasteiger partial charge >= 0.3 is 5.63 Å². The van der Waals surface area contributed by atoms with Crippen molar-refractivity contribution < 1.29 is 4.52 Å². The fraction of sp³-hybridized carbons (Fsp3) is 0.250. The van der Waals surface area contributed by atoms with E-state index >= 15 is 0 Å². The highest BCUT2D eigenvalue weighted by Crippen LogP contribution is 1.90. The summed E-state index contributed by atoms with van der Waals surface area (Å²) in [7, 11) is 1.65. The van der Waals surface area contributed by atoms with Gasteiger partial charge < -0.3 is 9.84 Å². The van der Waals surface area contributed by atoms with E-state index in [4.69, 9.17) is 0 Å². The Morgan fingerprint density at radius 1 is 1.88 bits per heavy atom. The van der Waals surface area contributed by atoms with Crippen molar-refractivity contribution in [3.05, 3.63) is 16.6 Å². The van der Waals surface area contributed by atoms with Crippen LogP contribution in [0.4, 0.5) is 5.69 Å². The zero-order chi connectivity index (χ0) is 5.98. The minimum Gasteiger partial charge on any atom is -0.381 e. The van der Waals surface area contributed by atoms with E-state index in [2.05, 4.69) is 15.0 Å². The lowest BCUT2D eigenvalue weighted by atomic mass is 10.6. The predicted octanol–water partition coefficient (Wildman–Crippen LogP) is 0.00960. The fourth-order valence-corrected chi connectivity index (χ4v) is 0.430. The lowest BCUT2D eigenvalue weighted by Gasteiger charge is -1.82. The third kappa shape index (κ3) is 0.598. The molecule has 0 aromatic carbocycles. The molecule has 4 heteroatoms. The zero-order valence-corrected chi connectivity index (χ0v) is 4.39. The summed E-state index contributed by atoms with van der Waals surface area (Å²) >= 11 is 0. The Kier molecular flexibility index (Phi) is 1.07. The molecular formula is C4H6N2O2. The van der Waals surface area contributed by atoms with Gasteiger partial charge in [0.15, 0.2) is 0 Å². The second-order valence-electron chi connectivity index (χ2n) is 1.32. The number of H-pyrrole nitrogens is 1. The van der Waals surface area contributed by atoms with Crippen LogP contribution in [0.5, 0.6) is 0 Å². The van der Waals surface area contributed by atoms with Crippen LogP contribution >= 0.6 is 0 Å². The third-order valence-corrected chi connectivity index (χ3v) is 0.844. The van der Waals surface area contributed by atoms with E-state index in [1.807, 2.05) is 0 Å². The van der Waals surface area contributed by atoms with E-state index in [0.717, 1.165) is 0 Å². The van der Waals surface area contributed by atoms with Gasteiger partial charge in [-0.2, -0.15) is 0 Å². The molecule has 4 nitrogen and oxygen atoms in total. The first-order valence-corrected chi connectivity index (χ1v) is 2.19. The van der Waals surface area contributed by atoms with Crippen LogP contribution in [-0.2, 0) is 0 Å². The van der Waals surface area contributed by atoms with Crippen molar-refractivity contribution in [2.24, 2.45) is 0 Å². The summed E-state index contributed by atoms with van der Waals surface area (Å²) in [5, 5.41) is 4.94. The van der Waals surface area contributed by atoms with Crippen molar-refractivity contribution in [3.63, 3.8) is 0 Å². The summed E-state index contributed by atoms with van der Waals surface area (Å²) in [5.41, 5.74) is 0.0810. The fourth-order valence-electron chi connectivity index (χ4n) is 0.430. The number of aromatic nitrogens is 1. The maximum Gasteiger partial charge on any atom is 0.380 e. The van der Waals surface area contributed by atoms with E-state index in [-0.39, 0.29) is 5.63 Å². The smallest absolute Gasteiger partial charge is 0.380 e. The molecule has 1 aromatic heterocycles. The molecule has 0 aliphatic carbocycles. The van der Waals surface area contributed by atoms with Crippen LogP contribution in [0.15, 0.2) is 15.5 Å². The number of rotatable bonds is 1. The Balaban J connectivity index is 3.11. The first-order valence-electron chi connectivity index (χ1n) is 2.19. The van der Waals surface area contributed by atoms with Crippen LogP contribution in [0.1, 0.15) is 0 Å². The minimum absolute atomic E-state index is 0.368. The van der Waals surface area contributed by atoms with Gasteiger partial charge in [-0.15, -0.1) is 0 Å². The Labute approximate surface area is 45.5 Å². The molecule has 0 aliphatic heterocycles. The Hall–Kier alpha value is -1.19. The number of aromatic amines is 1. The molecule has 0 radical (unpaired) electrons. The molecule has 8 heavy (non-hydrogen) atoms. The van der Waals surface area contributed by atoms with E-state index in [0.29, 0.717) is 5.69 Å². The molecule has 0 amide bonds. The summed E-state index contributed by atoms with van der Waals surface area (Å²) in [5.74, 6) is 0. The Morgan fingerprint density at radius 2 is 2.62 bits per heavy atom. The molecular weight excluding hydrogens is 108 g/mol. The molecule has 0 fully saturated rings. The number of nitrogens with one attached hydrogen (secondary N) is 2. The molecule has 0 saturated heterocycles. The highest BCUT2D eigenvalue weighted by atomic mass is 16.5. The summed E-state index contributed by atoms with van der Waals surface area (Å²) < 4.78 is 4.31. The molecule has 1 heterocycles. The molecule has 1 rings (SSSR count). The largest absolute Gasteiger partial charge is 0.381 e. The van der Waals surface area contributed by atoms with Gasteiger partial charge in [-0.05, 0) is 0 Å². The number of hydrogen-bond acceptors (Lipinski definition) is 3. The van der Waals surface area contributed by atoms with Crippen molar-refractivity contribution in [3.8, 4) is 0 Å². The molecule has 0 spiro atoms. The highest BCUT2D eigenvalue weighted by molar-refractivity contribution is 5.34. The second-order valence-corrected chi connectivity index (χ2v) is 1.32. The van der Waals surface area contributed by atoms with Gasteiger partial charge in [0.2, 0.25) is 0 Å². The second kappa shape index (κ2) is 1.73. The first kappa shape index (κ1) is 4.96. The lowest BCUT2D eigenvalue weighted by Crippen LogP contribution is -1.99. The van der Waals surface area contributed by atoms with Crippen LogP contribution in [0, 0.1) is 0 Å². The third-order valence-electron chi connectivity index (χ3n) is 0.844. The van der Waals surface area contributed by atoms with E-state index in [1.165, 1.54) is 6.20 Å². The molecule has 0 unspecified atom stereocenters. The lowest BCUT2D eigenvalue weighted by molar-refractivity contribution is 0.392. The molecule has 0 atom stereocenters. The van der Waals surface area contributed by atoms with Crippen LogP contribution in [0.3, 0.4) is 0 Å². The molecule has 2 N–H and O–H groups in total. The summed E-state index contributed by atoms with van der Waals surface area (Å²) in [4.78, 5) is 10.4. The van der Waals surface area contributed by atoms with Crippen molar-refractivity contribution in [1.29, 1.82) is 0 Å². The van der Waals surface area contributed by atoms with Crippen molar-refractivity contribution >= 4 is 5.69 Å². The van der Waals surface area contributed by atoms with E-state index < -0.39 is 0 Å². The average Bonchev–Trinajstić information content (AvgIpc) is 2.14. The standard InChI is InChI=1S/C4H6N2O2/c1-5-3-2-6-8-4(3)7/h2,5-6H,1H3. The minimum atomic E-state index is -0.368. The van der Waals surface area contributed by atoms with Crippen LogP contribution < -0.4 is 10.9 Å².